The zero-order valence-electron chi connectivity index (χ0n) is 10.7. The number of halogens is 1. The zero-order chi connectivity index (χ0) is 14.1. The fraction of sp³-hybridized carbons (Fsp3) is 0.0667. The number of nitrogens with one attached hydrogen (secondary N) is 1. The molecule has 0 saturated carbocycles. The van der Waals surface area contributed by atoms with Crippen LogP contribution >= 0.6 is 27.7 Å². The smallest absolute Gasteiger partial charge is 0.171 e. The van der Waals surface area contributed by atoms with Gasteiger partial charge in [-0.25, -0.2) is 4.98 Å². The Bertz CT molecular complexity index is 798. The largest absolute Gasteiger partial charge is 0.333 e. The van der Waals surface area contributed by atoms with E-state index in [-0.39, 0.29) is 0 Å². The number of rotatable bonds is 3. The Kier molecular flexibility index (Phi) is 3.63. The topological polar surface area (TPSA) is 45.8 Å². The number of fused-ring (bicyclic) bond motifs is 1. The van der Waals surface area contributed by atoms with Crippen molar-refractivity contribution in [1.29, 1.82) is 0 Å². The number of aryl methyl sites for hydroxylation is 1. The summed E-state index contributed by atoms with van der Waals surface area (Å²) in [6.07, 6.45) is 0.861. The van der Waals surface area contributed by atoms with Crippen LogP contribution in [0.3, 0.4) is 0 Å². The molecule has 1 N–H and O–H groups in total. The normalized spacial score (nSPS) is 10.9. The van der Waals surface area contributed by atoms with E-state index < -0.39 is 0 Å². The molecule has 0 radical (unpaired) electrons. The summed E-state index contributed by atoms with van der Waals surface area (Å²) in [5.41, 5.74) is 3.79. The maximum absolute atomic E-state index is 11.1. The van der Waals surface area contributed by atoms with Crippen molar-refractivity contribution >= 4 is 45.0 Å². The SMILES string of the molecule is Cc1ccc2nc(Sc3ccc(Br)cc3C=O)[nH]c2c1. The second kappa shape index (κ2) is 5.42. The second-order valence-corrected chi connectivity index (χ2v) is 6.41. The average molecular weight is 347 g/mol. The molecule has 20 heavy (non-hydrogen) atoms. The molecular weight excluding hydrogens is 336 g/mol. The van der Waals surface area contributed by atoms with Gasteiger partial charge in [-0.05, 0) is 42.8 Å². The Balaban J connectivity index is 1.98. The van der Waals surface area contributed by atoms with Crippen LogP contribution in [-0.4, -0.2) is 16.3 Å². The Morgan fingerprint density at radius 3 is 2.90 bits per heavy atom. The van der Waals surface area contributed by atoms with Crippen molar-refractivity contribution in [2.24, 2.45) is 0 Å². The summed E-state index contributed by atoms with van der Waals surface area (Å²) >= 11 is 4.83. The first-order valence-corrected chi connectivity index (χ1v) is 7.65. The van der Waals surface area contributed by atoms with E-state index in [1.54, 1.807) is 0 Å². The molecule has 5 heteroatoms. The van der Waals surface area contributed by atoms with Crippen LogP contribution in [0.1, 0.15) is 15.9 Å². The van der Waals surface area contributed by atoms with Gasteiger partial charge in [-0.2, -0.15) is 0 Å². The minimum Gasteiger partial charge on any atom is -0.333 e. The van der Waals surface area contributed by atoms with Gasteiger partial charge < -0.3 is 4.98 Å². The van der Waals surface area contributed by atoms with E-state index in [1.807, 2.05) is 37.3 Å². The van der Waals surface area contributed by atoms with Crippen molar-refractivity contribution in [3.05, 3.63) is 52.0 Å². The first kappa shape index (κ1) is 13.4. The summed E-state index contributed by atoms with van der Waals surface area (Å²) in [5.74, 6) is 0. The Hall–Kier alpha value is -1.59. The van der Waals surface area contributed by atoms with Gasteiger partial charge in [-0.15, -0.1) is 0 Å². The van der Waals surface area contributed by atoms with Crippen LogP contribution in [0.25, 0.3) is 11.0 Å². The lowest BCUT2D eigenvalue weighted by atomic mass is 10.2. The minimum absolute atomic E-state index is 0.654. The molecule has 1 aromatic heterocycles. The predicted molar refractivity (Wildman–Crippen MR) is 84.5 cm³/mol. The zero-order valence-corrected chi connectivity index (χ0v) is 13.1. The molecule has 0 fully saturated rings. The molecule has 3 nitrogen and oxygen atoms in total. The van der Waals surface area contributed by atoms with Crippen molar-refractivity contribution in [3.63, 3.8) is 0 Å². The molecule has 0 aliphatic rings. The molecule has 0 spiro atoms. The lowest BCUT2D eigenvalue weighted by Gasteiger charge is -2.02. The number of aromatic nitrogens is 2. The average Bonchev–Trinajstić information content (AvgIpc) is 2.82. The van der Waals surface area contributed by atoms with Crippen molar-refractivity contribution < 1.29 is 4.79 Å². The van der Waals surface area contributed by atoms with Gasteiger partial charge in [-0.3, -0.25) is 4.79 Å². The van der Waals surface area contributed by atoms with Crippen LogP contribution in [0.5, 0.6) is 0 Å². The van der Waals surface area contributed by atoms with Gasteiger partial charge in [0.05, 0.1) is 11.0 Å². The highest BCUT2D eigenvalue weighted by atomic mass is 79.9. The summed E-state index contributed by atoms with van der Waals surface area (Å²) in [6.45, 7) is 2.05. The van der Waals surface area contributed by atoms with Gasteiger partial charge in [0, 0.05) is 14.9 Å². The van der Waals surface area contributed by atoms with E-state index in [0.29, 0.717) is 5.56 Å². The fourth-order valence-electron chi connectivity index (χ4n) is 1.96. The summed E-state index contributed by atoms with van der Waals surface area (Å²) in [5, 5.41) is 0.788. The van der Waals surface area contributed by atoms with Crippen molar-refractivity contribution in [3.8, 4) is 0 Å². The van der Waals surface area contributed by atoms with Crippen LogP contribution in [0.15, 0.2) is 50.9 Å². The molecule has 3 rings (SSSR count). The fourth-order valence-corrected chi connectivity index (χ4v) is 3.21. The highest BCUT2D eigenvalue weighted by Gasteiger charge is 2.08. The number of carbonyl (C=O) groups excluding carboxylic acids is 1. The number of nitrogens with zero attached hydrogens (tertiary/aromatic N) is 1. The van der Waals surface area contributed by atoms with Crippen molar-refractivity contribution in [2.45, 2.75) is 17.0 Å². The monoisotopic (exact) mass is 346 g/mol. The van der Waals surface area contributed by atoms with Crippen LogP contribution in [0.2, 0.25) is 0 Å². The lowest BCUT2D eigenvalue weighted by molar-refractivity contribution is 0.112. The van der Waals surface area contributed by atoms with Crippen LogP contribution in [0, 0.1) is 6.92 Å². The highest BCUT2D eigenvalue weighted by molar-refractivity contribution is 9.10. The van der Waals surface area contributed by atoms with Gasteiger partial charge in [0.25, 0.3) is 0 Å². The summed E-state index contributed by atoms with van der Waals surface area (Å²) in [4.78, 5) is 19.8. The number of imidazole rings is 1. The van der Waals surface area contributed by atoms with Gasteiger partial charge in [0.15, 0.2) is 11.4 Å². The predicted octanol–water partition coefficient (Wildman–Crippen LogP) is 4.60. The second-order valence-electron chi connectivity index (χ2n) is 4.46. The molecule has 0 saturated heterocycles. The van der Waals surface area contributed by atoms with Crippen molar-refractivity contribution in [1.82, 2.24) is 9.97 Å². The standard InChI is InChI=1S/C15H11BrN2OS/c1-9-2-4-12-13(6-9)18-15(17-12)20-14-5-3-11(16)7-10(14)8-19/h2-8H,1H3,(H,17,18). The molecule has 100 valence electrons. The van der Waals surface area contributed by atoms with E-state index in [2.05, 4.69) is 32.0 Å². The molecule has 0 aliphatic carbocycles. The van der Waals surface area contributed by atoms with E-state index >= 15 is 0 Å². The number of hydrogen-bond donors (Lipinski definition) is 1. The third-order valence-electron chi connectivity index (χ3n) is 2.92. The van der Waals surface area contributed by atoms with Gasteiger partial charge in [0.1, 0.15) is 0 Å². The Labute approximate surface area is 128 Å². The Morgan fingerprint density at radius 1 is 1.25 bits per heavy atom. The van der Waals surface area contributed by atoms with E-state index in [0.717, 1.165) is 31.8 Å². The van der Waals surface area contributed by atoms with Crippen LogP contribution in [0.4, 0.5) is 0 Å². The first-order chi connectivity index (χ1) is 9.65. The molecule has 1 heterocycles. The minimum atomic E-state index is 0.654. The van der Waals surface area contributed by atoms with Gasteiger partial charge >= 0.3 is 0 Å². The molecule has 0 aliphatic heterocycles. The third-order valence-corrected chi connectivity index (χ3v) is 4.39. The molecule has 0 atom stereocenters. The maximum Gasteiger partial charge on any atom is 0.171 e. The van der Waals surface area contributed by atoms with Gasteiger partial charge in [0.2, 0.25) is 0 Å². The van der Waals surface area contributed by atoms with E-state index in [9.17, 15) is 4.79 Å². The summed E-state index contributed by atoms with van der Waals surface area (Å²) in [7, 11) is 0. The Morgan fingerprint density at radius 2 is 2.10 bits per heavy atom. The third kappa shape index (κ3) is 2.64. The molecule has 0 unspecified atom stereocenters. The van der Waals surface area contributed by atoms with Gasteiger partial charge in [-0.1, -0.05) is 33.8 Å². The number of hydrogen-bond acceptors (Lipinski definition) is 3. The lowest BCUT2D eigenvalue weighted by Crippen LogP contribution is -1.86. The first-order valence-electron chi connectivity index (χ1n) is 6.04. The number of aromatic amines is 1. The maximum atomic E-state index is 11.1. The molecule has 0 bridgehead atoms. The van der Waals surface area contributed by atoms with E-state index in [4.69, 9.17) is 0 Å². The van der Waals surface area contributed by atoms with Crippen LogP contribution < -0.4 is 0 Å². The number of H-pyrrole nitrogens is 1. The summed E-state index contributed by atoms with van der Waals surface area (Å²) < 4.78 is 0.893. The quantitative estimate of drug-likeness (QED) is 0.705. The van der Waals surface area contributed by atoms with Crippen molar-refractivity contribution in [2.75, 3.05) is 0 Å². The van der Waals surface area contributed by atoms with Crippen LogP contribution in [-0.2, 0) is 0 Å². The van der Waals surface area contributed by atoms with E-state index in [1.165, 1.54) is 17.3 Å². The number of benzene rings is 2. The molecule has 0 amide bonds. The number of carbonyl (C=O) groups is 1. The number of aldehydes is 1. The molecule has 3 aromatic rings. The highest BCUT2D eigenvalue weighted by Crippen LogP contribution is 2.31. The molecular formula is C15H11BrN2OS. The molecule has 2 aromatic carbocycles. The summed E-state index contributed by atoms with van der Waals surface area (Å²) in [6, 6.07) is 11.7.